The fraction of sp³-hybridized carbons (Fsp3) is 0.375. The number of hydrogen-bond donors (Lipinski definition) is 1. The molecule has 1 aromatic carbocycles. The largest absolute Gasteiger partial charge is 0.336 e. The summed E-state index contributed by atoms with van der Waals surface area (Å²) in [6.07, 6.45) is 1.07. The van der Waals surface area contributed by atoms with E-state index in [1.165, 1.54) is 24.3 Å². The first kappa shape index (κ1) is 17.7. The number of alkyl halides is 5. The van der Waals surface area contributed by atoms with E-state index < -0.39 is 47.5 Å². The Kier molecular flexibility index (Phi) is 3.87. The van der Waals surface area contributed by atoms with E-state index in [1.807, 2.05) is 0 Å². The Bertz CT molecular complexity index is 753. The van der Waals surface area contributed by atoms with Crippen LogP contribution in [0.25, 0.3) is 0 Å². The van der Waals surface area contributed by atoms with Crippen LogP contribution in [0.15, 0.2) is 36.9 Å². The van der Waals surface area contributed by atoms with Crippen molar-refractivity contribution in [3.8, 4) is 0 Å². The molecule has 25 heavy (non-hydrogen) atoms. The second-order valence-electron chi connectivity index (χ2n) is 6.07. The van der Waals surface area contributed by atoms with E-state index in [1.54, 1.807) is 0 Å². The van der Waals surface area contributed by atoms with Crippen molar-refractivity contribution in [3.05, 3.63) is 42.5 Å². The fourth-order valence-electron chi connectivity index (χ4n) is 3.18. The van der Waals surface area contributed by atoms with Crippen LogP contribution in [0.3, 0.4) is 0 Å². The summed E-state index contributed by atoms with van der Waals surface area (Å²) in [5, 5.41) is 2.48. The highest BCUT2D eigenvalue weighted by molar-refractivity contribution is 6.26. The van der Waals surface area contributed by atoms with Gasteiger partial charge in [0.15, 0.2) is 0 Å². The number of nitrogens with one attached hydrogen (secondary N) is 1. The van der Waals surface area contributed by atoms with Gasteiger partial charge in [-0.25, -0.2) is 0 Å². The molecule has 1 N–H and O–H groups in total. The van der Waals surface area contributed by atoms with Gasteiger partial charge in [0.2, 0.25) is 5.91 Å². The van der Waals surface area contributed by atoms with Gasteiger partial charge in [0.1, 0.15) is 4.87 Å². The molecule has 2 atom stereocenters. The van der Waals surface area contributed by atoms with E-state index in [2.05, 4.69) is 11.9 Å². The first-order valence-corrected chi connectivity index (χ1v) is 7.69. The number of carbonyl (C=O) groups excluding carboxylic acids is 2. The zero-order valence-electron chi connectivity index (χ0n) is 12.7. The SMILES string of the molecule is C=CC(=O)Nc1ccc(C(=O)N2CC3C(F)(F)C(F)(F)C3(Cl)C2)cc1. The Morgan fingerprint density at radius 2 is 1.84 bits per heavy atom. The molecule has 1 saturated carbocycles. The van der Waals surface area contributed by atoms with Crippen molar-refractivity contribution in [2.75, 3.05) is 18.4 Å². The number of carbonyl (C=O) groups is 2. The molecule has 0 aromatic heterocycles. The van der Waals surface area contributed by atoms with Crippen LogP contribution in [0.1, 0.15) is 10.4 Å². The van der Waals surface area contributed by atoms with Gasteiger partial charge in [0.05, 0.1) is 5.92 Å². The number of rotatable bonds is 3. The molecule has 1 saturated heterocycles. The van der Waals surface area contributed by atoms with Crippen LogP contribution in [-0.2, 0) is 4.79 Å². The molecule has 1 aliphatic carbocycles. The maximum absolute atomic E-state index is 13.6. The zero-order chi connectivity index (χ0) is 18.6. The van der Waals surface area contributed by atoms with Crippen LogP contribution in [0.2, 0.25) is 0 Å². The minimum absolute atomic E-state index is 0.116. The lowest BCUT2D eigenvalue weighted by Gasteiger charge is -2.52. The van der Waals surface area contributed by atoms with Crippen LogP contribution in [0, 0.1) is 5.92 Å². The van der Waals surface area contributed by atoms with Gasteiger partial charge in [-0.2, -0.15) is 17.6 Å². The van der Waals surface area contributed by atoms with Crippen molar-refractivity contribution < 1.29 is 27.2 Å². The minimum atomic E-state index is -4.36. The number of anilines is 1. The highest BCUT2D eigenvalue weighted by atomic mass is 35.5. The molecular formula is C16H13ClF4N2O2. The van der Waals surface area contributed by atoms with Gasteiger partial charge in [0, 0.05) is 24.3 Å². The molecule has 2 aliphatic rings. The molecule has 4 nitrogen and oxygen atoms in total. The van der Waals surface area contributed by atoms with Crippen LogP contribution in [0.4, 0.5) is 23.2 Å². The van der Waals surface area contributed by atoms with E-state index >= 15 is 0 Å². The maximum atomic E-state index is 13.6. The van der Waals surface area contributed by atoms with Gasteiger partial charge in [-0.15, -0.1) is 11.6 Å². The van der Waals surface area contributed by atoms with E-state index in [0.29, 0.717) is 5.69 Å². The molecule has 1 aromatic rings. The summed E-state index contributed by atoms with van der Waals surface area (Å²) in [7, 11) is 0. The van der Waals surface area contributed by atoms with Crippen molar-refractivity contribution in [1.29, 1.82) is 0 Å². The predicted molar refractivity (Wildman–Crippen MR) is 83.1 cm³/mol. The average molecular weight is 377 g/mol. The highest BCUT2D eigenvalue weighted by Gasteiger charge is 2.88. The number of hydrogen-bond acceptors (Lipinski definition) is 2. The topological polar surface area (TPSA) is 49.4 Å². The molecule has 9 heteroatoms. The monoisotopic (exact) mass is 376 g/mol. The summed E-state index contributed by atoms with van der Waals surface area (Å²) < 4.78 is 54.4. The van der Waals surface area contributed by atoms with Crippen molar-refractivity contribution >= 4 is 29.1 Å². The van der Waals surface area contributed by atoms with Crippen LogP contribution < -0.4 is 5.32 Å². The molecule has 3 rings (SSSR count). The first-order chi connectivity index (χ1) is 11.5. The van der Waals surface area contributed by atoms with E-state index in [9.17, 15) is 27.2 Å². The second-order valence-corrected chi connectivity index (χ2v) is 6.74. The number of nitrogens with zero attached hydrogens (tertiary/aromatic N) is 1. The third kappa shape index (κ3) is 2.34. The Morgan fingerprint density at radius 1 is 1.24 bits per heavy atom. The third-order valence-electron chi connectivity index (χ3n) is 4.63. The Balaban J connectivity index is 1.75. The third-order valence-corrected chi connectivity index (χ3v) is 5.25. The highest BCUT2D eigenvalue weighted by Crippen LogP contribution is 2.67. The standard InChI is InChI=1S/C16H13ClF4N2O2/c1-2-12(24)22-10-5-3-9(4-6-10)13(25)23-7-11-14(17,8-23)16(20,21)15(11,18)19/h2-6,11H,1,7-8H2,(H,22,24). The summed E-state index contributed by atoms with van der Waals surface area (Å²) in [5.74, 6) is -11.5. The molecule has 2 unspecified atom stereocenters. The van der Waals surface area contributed by atoms with Gasteiger partial charge in [-0.05, 0) is 30.3 Å². The van der Waals surface area contributed by atoms with Gasteiger partial charge < -0.3 is 10.2 Å². The number of amides is 2. The molecule has 1 heterocycles. The summed E-state index contributed by atoms with van der Waals surface area (Å²) in [6.45, 7) is 2.10. The maximum Gasteiger partial charge on any atom is 0.331 e. The summed E-state index contributed by atoms with van der Waals surface area (Å²) in [6, 6.07) is 5.58. The summed E-state index contributed by atoms with van der Waals surface area (Å²) >= 11 is 5.73. The van der Waals surface area contributed by atoms with Crippen molar-refractivity contribution in [1.82, 2.24) is 4.90 Å². The van der Waals surface area contributed by atoms with E-state index in [-0.39, 0.29) is 5.56 Å². The molecule has 0 bridgehead atoms. The van der Waals surface area contributed by atoms with Gasteiger partial charge >= 0.3 is 11.8 Å². The first-order valence-electron chi connectivity index (χ1n) is 7.32. The molecule has 0 radical (unpaired) electrons. The van der Waals surface area contributed by atoms with Crippen LogP contribution >= 0.6 is 11.6 Å². The van der Waals surface area contributed by atoms with Crippen molar-refractivity contribution in [2.24, 2.45) is 5.92 Å². The van der Waals surface area contributed by atoms with Gasteiger partial charge in [0.25, 0.3) is 5.91 Å². The summed E-state index contributed by atoms with van der Waals surface area (Å²) in [4.78, 5) is 22.0. The molecule has 2 amide bonds. The van der Waals surface area contributed by atoms with E-state index in [4.69, 9.17) is 11.6 Å². The Morgan fingerprint density at radius 3 is 2.36 bits per heavy atom. The van der Waals surface area contributed by atoms with E-state index in [0.717, 1.165) is 11.0 Å². The molecule has 134 valence electrons. The van der Waals surface area contributed by atoms with Gasteiger partial charge in [-0.1, -0.05) is 6.58 Å². The van der Waals surface area contributed by atoms with Crippen LogP contribution in [0.5, 0.6) is 0 Å². The quantitative estimate of drug-likeness (QED) is 0.500. The number of halogens is 5. The van der Waals surface area contributed by atoms with Crippen LogP contribution in [-0.4, -0.2) is 46.5 Å². The Hall–Kier alpha value is -2.09. The normalized spacial score (nSPS) is 28.7. The number of likely N-dealkylation sites (tertiary alicyclic amines) is 1. The summed E-state index contributed by atoms with van der Waals surface area (Å²) in [5.41, 5.74) is 0.514. The number of fused-ring (bicyclic) bond motifs is 1. The second kappa shape index (κ2) is 5.45. The van der Waals surface area contributed by atoms with Gasteiger partial charge in [-0.3, -0.25) is 9.59 Å². The molecule has 1 aliphatic heterocycles. The average Bonchev–Trinajstić information content (AvgIpc) is 2.93. The lowest BCUT2D eigenvalue weighted by atomic mass is 9.67. The van der Waals surface area contributed by atoms with Crippen molar-refractivity contribution in [2.45, 2.75) is 16.7 Å². The lowest BCUT2D eigenvalue weighted by molar-refractivity contribution is -0.326. The fourth-order valence-corrected chi connectivity index (χ4v) is 3.66. The minimum Gasteiger partial charge on any atom is -0.336 e. The lowest BCUT2D eigenvalue weighted by Crippen LogP contribution is -2.75. The molecule has 0 spiro atoms. The smallest absolute Gasteiger partial charge is 0.331 e. The Labute approximate surface area is 145 Å². The molecule has 2 fully saturated rings. The number of benzene rings is 1. The van der Waals surface area contributed by atoms with Crippen molar-refractivity contribution in [3.63, 3.8) is 0 Å². The zero-order valence-corrected chi connectivity index (χ0v) is 13.5. The molecular weight excluding hydrogens is 364 g/mol. The predicted octanol–water partition coefficient (Wildman–Crippen LogP) is 3.14.